The number of nitrogens with two attached hydrogens (primary N) is 1. The monoisotopic (exact) mass is 325 g/mol. The number of benzene rings is 2. The van der Waals surface area contributed by atoms with Crippen LogP contribution < -0.4 is 20.6 Å². The Balaban J connectivity index is 1.90. The Labute approximate surface area is 137 Å². The number of fused-ring (bicyclic) bond motifs is 1. The van der Waals surface area contributed by atoms with Crippen LogP contribution >= 0.6 is 0 Å². The van der Waals surface area contributed by atoms with Gasteiger partial charge in [0, 0.05) is 12.6 Å². The summed E-state index contributed by atoms with van der Waals surface area (Å²) < 4.78 is 16.1. The number of para-hydroxylation sites is 1. The molecule has 1 aromatic heterocycles. The molecule has 0 bridgehead atoms. The van der Waals surface area contributed by atoms with Crippen LogP contribution in [0.25, 0.3) is 11.0 Å². The minimum atomic E-state index is -0.441. The van der Waals surface area contributed by atoms with Gasteiger partial charge in [0.05, 0.1) is 11.8 Å². The first kappa shape index (κ1) is 15.8. The highest BCUT2D eigenvalue weighted by Gasteiger charge is 2.11. The maximum absolute atomic E-state index is 12.5. The number of carbonyl (C=O) groups is 1. The molecular weight excluding hydrogens is 310 g/mol. The Hall–Kier alpha value is -3.12. The van der Waals surface area contributed by atoms with Crippen molar-refractivity contribution in [3.8, 4) is 17.2 Å². The van der Waals surface area contributed by atoms with Crippen molar-refractivity contribution in [2.75, 3.05) is 6.54 Å². The summed E-state index contributed by atoms with van der Waals surface area (Å²) in [6.07, 6.45) is 1.36. The van der Waals surface area contributed by atoms with Crippen molar-refractivity contribution < 1.29 is 18.7 Å². The summed E-state index contributed by atoms with van der Waals surface area (Å²) in [6, 6.07) is 13.5. The SMILES string of the molecule is NCCC(=O)Oc1ccc2c(=O)c(Oc3ccccc3)coc2c1. The average Bonchev–Trinajstić information content (AvgIpc) is 2.58. The van der Waals surface area contributed by atoms with Crippen LogP contribution in [0.3, 0.4) is 0 Å². The van der Waals surface area contributed by atoms with Gasteiger partial charge in [0.15, 0.2) is 0 Å². The van der Waals surface area contributed by atoms with Gasteiger partial charge in [-0.3, -0.25) is 9.59 Å². The van der Waals surface area contributed by atoms with E-state index in [4.69, 9.17) is 19.6 Å². The summed E-state index contributed by atoms with van der Waals surface area (Å²) in [5.74, 6) is 0.474. The minimum Gasteiger partial charge on any atom is -0.460 e. The van der Waals surface area contributed by atoms with Crippen LogP contribution in [0.4, 0.5) is 0 Å². The van der Waals surface area contributed by atoms with E-state index in [2.05, 4.69) is 0 Å². The van der Waals surface area contributed by atoms with E-state index in [0.29, 0.717) is 22.5 Å². The predicted octanol–water partition coefficient (Wildman–Crippen LogP) is 2.84. The summed E-state index contributed by atoms with van der Waals surface area (Å²) in [6.45, 7) is 0.210. The molecule has 2 aromatic carbocycles. The molecule has 1 heterocycles. The molecule has 0 atom stereocenters. The van der Waals surface area contributed by atoms with Crippen molar-refractivity contribution in [1.82, 2.24) is 0 Å². The zero-order valence-corrected chi connectivity index (χ0v) is 12.7. The van der Waals surface area contributed by atoms with Crippen molar-refractivity contribution in [2.24, 2.45) is 5.73 Å². The van der Waals surface area contributed by atoms with Gasteiger partial charge in [-0.1, -0.05) is 18.2 Å². The Kier molecular flexibility index (Phi) is 4.58. The zero-order valence-electron chi connectivity index (χ0n) is 12.7. The lowest BCUT2D eigenvalue weighted by molar-refractivity contribution is -0.134. The average molecular weight is 325 g/mol. The highest BCUT2D eigenvalue weighted by atomic mass is 16.5. The highest BCUT2D eigenvalue weighted by molar-refractivity contribution is 5.80. The second kappa shape index (κ2) is 6.97. The first-order valence-electron chi connectivity index (χ1n) is 7.36. The number of rotatable bonds is 5. The van der Waals surface area contributed by atoms with Crippen molar-refractivity contribution in [3.63, 3.8) is 0 Å². The van der Waals surface area contributed by atoms with Crippen LogP contribution in [0.15, 0.2) is 64.0 Å². The molecule has 0 saturated heterocycles. The molecule has 0 amide bonds. The Morgan fingerprint density at radius 1 is 1.08 bits per heavy atom. The molecule has 6 heteroatoms. The van der Waals surface area contributed by atoms with E-state index in [1.165, 1.54) is 24.5 Å². The molecular formula is C18H15NO5. The maximum Gasteiger partial charge on any atom is 0.312 e. The molecule has 3 rings (SSSR count). The van der Waals surface area contributed by atoms with Gasteiger partial charge >= 0.3 is 5.97 Å². The van der Waals surface area contributed by atoms with Crippen LogP contribution in [0, 0.1) is 0 Å². The van der Waals surface area contributed by atoms with Gasteiger partial charge in [-0.05, 0) is 24.3 Å². The largest absolute Gasteiger partial charge is 0.460 e. The fourth-order valence-electron chi connectivity index (χ4n) is 2.14. The Morgan fingerprint density at radius 2 is 1.88 bits per heavy atom. The fourth-order valence-corrected chi connectivity index (χ4v) is 2.14. The third-order valence-electron chi connectivity index (χ3n) is 3.27. The van der Waals surface area contributed by atoms with E-state index in [0.717, 1.165) is 0 Å². The molecule has 3 aromatic rings. The second-order valence-electron chi connectivity index (χ2n) is 5.01. The van der Waals surface area contributed by atoms with Crippen molar-refractivity contribution in [3.05, 3.63) is 65.0 Å². The Bertz CT molecular complexity index is 918. The van der Waals surface area contributed by atoms with E-state index in [1.54, 1.807) is 24.3 Å². The van der Waals surface area contributed by atoms with Crippen molar-refractivity contribution in [1.29, 1.82) is 0 Å². The van der Waals surface area contributed by atoms with Gasteiger partial charge in [0.2, 0.25) is 11.2 Å². The minimum absolute atomic E-state index is 0.0848. The Morgan fingerprint density at radius 3 is 2.62 bits per heavy atom. The van der Waals surface area contributed by atoms with Crippen LogP contribution in [-0.4, -0.2) is 12.5 Å². The molecule has 0 fully saturated rings. The third kappa shape index (κ3) is 3.44. The predicted molar refractivity (Wildman–Crippen MR) is 88.3 cm³/mol. The molecule has 0 saturated carbocycles. The van der Waals surface area contributed by atoms with Gasteiger partial charge in [-0.15, -0.1) is 0 Å². The van der Waals surface area contributed by atoms with Gasteiger partial charge in [0.1, 0.15) is 23.3 Å². The van der Waals surface area contributed by atoms with E-state index in [-0.39, 0.29) is 24.1 Å². The summed E-state index contributed by atoms with van der Waals surface area (Å²) >= 11 is 0. The summed E-state index contributed by atoms with van der Waals surface area (Å²) in [7, 11) is 0. The molecule has 24 heavy (non-hydrogen) atoms. The van der Waals surface area contributed by atoms with E-state index in [9.17, 15) is 9.59 Å². The van der Waals surface area contributed by atoms with Crippen molar-refractivity contribution in [2.45, 2.75) is 6.42 Å². The molecule has 0 aliphatic carbocycles. The van der Waals surface area contributed by atoms with Gasteiger partial charge in [-0.25, -0.2) is 0 Å². The molecule has 0 unspecified atom stereocenters. The van der Waals surface area contributed by atoms with Crippen LogP contribution in [0.1, 0.15) is 6.42 Å². The number of hydrogen-bond acceptors (Lipinski definition) is 6. The number of carbonyl (C=O) groups excluding carboxylic acids is 1. The highest BCUT2D eigenvalue weighted by Crippen LogP contribution is 2.24. The van der Waals surface area contributed by atoms with E-state index in [1.807, 2.05) is 6.07 Å². The first-order valence-corrected chi connectivity index (χ1v) is 7.36. The number of ether oxygens (including phenoxy) is 2. The second-order valence-corrected chi connectivity index (χ2v) is 5.01. The molecule has 0 aliphatic rings. The third-order valence-corrected chi connectivity index (χ3v) is 3.27. The topological polar surface area (TPSA) is 91.8 Å². The molecule has 0 aliphatic heterocycles. The number of hydrogen-bond donors (Lipinski definition) is 1. The van der Waals surface area contributed by atoms with Crippen LogP contribution in [0.2, 0.25) is 0 Å². The van der Waals surface area contributed by atoms with Gasteiger partial charge in [-0.2, -0.15) is 0 Å². The van der Waals surface area contributed by atoms with Crippen molar-refractivity contribution >= 4 is 16.9 Å². The lowest BCUT2D eigenvalue weighted by Gasteiger charge is -2.07. The van der Waals surface area contributed by atoms with Gasteiger partial charge < -0.3 is 19.6 Å². The van der Waals surface area contributed by atoms with Crippen LogP contribution in [-0.2, 0) is 4.79 Å². The lowest BCUT2D eigenvalue weighted by Crippen LogP contribution is -2.13. The lowest BCUT2D eigenvalue weighted by atomic mass is 10.2. The molecule has 2 N–H and O–H groups in total. The first-order chi connectivity index (χ1) is 11.7. The summed E-state index contributed by atoms with van der Waals surface area (Å²) in [5.41, 5.74) is 5.30. The molecule has 122 valence electrons. The molecule has 0 spiro atoms. The zero-order chi connectivity index (χ0) is 16.9. The maximum atomic E-state index is 12.5. The quantitative estimate of drug-likeness (QED) is 0.573. The van der Waals surface area contributed by atoms with Gasteiger partial charge in [0.25, 0.3) is 0 Å². The normalized spacial score (nSPS) is 10.5. The van der Waals surface area contributed by atoms with E-state index < -0.39 is 5.97 Å². The van der Waals surface area contributed by atoms with E-state index >= 15 is 0 Å². The molecule has 6 nitrogen and oxygen atoms in total. The fraction of sp³-hybridized carbons (Fsp3) is 0.111. The smallest absolute Gasteiger partial charge is 0.312 e. The van der Waals surface area contributed by atoms with Crippen LogP contribution in [0.5, 0.6) is 17.2 Å². The summed E-state index contributed by atoms with van der Waals surface area (Å²) in [5, 5.41) is 0.335. The standard InChI is InChI=1S/C18H15NO5/c19-9-8-17(20)24-13-6-7-14-15(10-13)22-11-16(18(14)21)23-12-4-2-1-3-5-12/h1-7,10-11H,8-9,19H2. The number of esters is 1. The molecule has 0 radical (unpaired) electrons. The summed E-state index contributed by atoms with van der Waals surface area (Å²) in [4.78, 5) is 23.9.